The molecule has 7 rings (SSSR count). The standard InChI is InChI=1S/C31H29Cl3N2O4/c1-39-28(37)19-7-8-24(23(34)17-19)35-29(38)31-14-11-30(12-15-31,13-16-31)10-9-20-26(36-40-27(20)18-5-6-18)25-21(32)3-2-4-22(25)33/h2-4,7-10,17-18H,5-6,11-16H2,1H3,(H,35,38)/b10-9+. The van der Waals surface area contributed by atoms with E-state index in [9.17, 15) is 9.59 Å². The Labute approximate surface area is 248 Å². The smallest absolute Gasteiger partial charge is 0.337 e. The lowest BCUT2D eigenvalue weighted by atomic mass is 9.53. The average molecular weight is 600 g/mol. The van der Waals surface area contributed by atoms with Crippen molar-refractivity contribution in [3.63, 3.8) is 0 Å². The normalized spacial score (nSPS) is 23.9. The van der Waals surface area contributed by atoms with Crippen molar-refractivity contribution in [2.45, 2.75) is 57.3 Å². The van der Waals surface area contributed by atoms with Crippen LogP contribution in [-0.2, 0) is 9.53 Å². The van der Waals surface area contributed by atoms with Crippen LogP contribution in [0.4, 0.5) is 5.69 Å². The molecule has 4 aliphatic rings. The fraction of sp³-hybridized carbons (Fsp3) is 0.387. The maximum Gasteiger partial charge on any atom is 0.337 e. The van der Waals surface area contributed by atoms with Crippen molar-refractivity contribution >= 4 is 58.4 Å². The number of rotatable bonds is 7. The van der Waals surface area contributed by atoms with E-state index in [0.717, 1.165) is 62.7 Å². The zero-order valence-corrected chi connectivity index (χ0v) is 24.3. The lowest BCUT2D eigenvalue weighted by Crippen LogP contribution is -2.47. The highest BCUT2D eigenvalue weighted by Crippen LogP contribution is 2.58. The van der Waals surface area contributed by atoms with E-state index in [-0.39, 0.29) is 11.3 Å². The van der Waals surface area contributed by atoms with Gasteiger partial charge in [0.25, 0.3) is 0 Å². The van der Waals surface area contributed by atoms with E-state index in [1.165, 1.54) is 13.2 Å². The van der Waals surface area contributed by atoms with Gasteiger partial charge in [-0.3, -0.25) is 4.79 Å². The maximum atomic E-state index is 13.5. The van der Waals surface area contributed by atoms with E-state index in [1.807, 2.05) is 18.2 Å². The maximum absolute atomic E-state index is 13.5. The summed E-state index contributed by atoms with van der Waals surface area (Å²) in [6, 6.07) is 10.2. The lowest BCUT2D eigenvalue weighted by molar-refractivity contribution is -0.133. The van der Waals surface area contributed by atoms with Crippen molar-refractivity contribution < 1.29 is 18.8 Å². The third-order valence-electron chi connectivity index (χ3n) is 8.93. The zero-order valence-electron chi connectivity index (χ0n) is 22.1. The Balaban J connectivity index is 1.19. The van der Waals surface area contributed by atoms with Gasteiger partial charge in [-0.2, -0.15) is 0 Å². The minimum absolute atomic E-state index is 0.0109. The highest BCUT2D eigenvalue weighted by atomic mass is 35.5. The van der Waals surface area contributed by atoms with Gasteiger partial charge in [0.1, 0.15) is 11.5 Å². The van der Waals surface area contributed by atoms with Crippen LogP contribution < -0.4 is 5.32 Å². The molecule has 0 saturated heterocycles. The topological polar surface area (TPSA) is 81.4 Å². The number of ether oxygens (including phenoxy) is 1. The van der Waals surface area contributed by atoms with Crippen molar-refractivity contribution in [1.29, 1.82) is 0 Å². The Morgan fingerprint density at radius 3 is 2.27 bits per heavy atom. The molecule has 1 amide bonds. The second-order valence-corrected chi connectivity index (χ2v) is 12.5. The number of allylic oxidation sites excluding steroid dienone is 1. The number of aromatic nitrogens is 1. The number of hydrogen-bond donors (Lipinski definition) is 1. The van der Waals surface area contributed by atoms with Gasteiger partial charge in [0.05, 0.1) is 33.4 Å². The van der Waals surface area contributed by atoms with Crippen LogP contribution in [0.15, 0.2) is 47.0 Å². The molecule has 0 atom stereocenters. The van der Waals surface area contributed by atoms with Crippen molar-refractivity contribution in [2.75, 3.05) is 12.4 Å². The lowest BCUT2D eigenvalue weighted by Gasteiger charge is -2.51. The summed E-state index contributed by atoms with van der Waals surface area (Å²) in [5, 5.41) is 8.83. The highest BCUT2D eigenvalue weighted by molar-refractivity contribution is 6.39. The molecule has 2 bridgehead atoms. The van der Waals surface area contributed by atoms with Crippen LogP contribution in [0.1, 0.15) is 79.0 Å². The SMILES string of the molecule is COC(=O)c1ccc(NC(=O)C23CCC(/C=C/c4c(-c5c(Cl)cccc5Cl)noc4C4CC4)(CC2)CC3)c(Cl)c1. The molecule has 3 aromatic rings. The molecule has 2 aromatic carbocycles. The first kappa shape index (κ1) is 27.4. The second kappa shape index (κ2) is 10.6. The summed E-state index contributed by atoms with van der Waals surface area (Å²) in [5.74, 6) is 0.791. The Morgan fingerprint density at radius 1 is 1.00 bits per heavy atom. The van der Waals surface area contributed by atoms with Crippen molar-refractivity contribution in [3.05, 3.63) is 74.4 Å². The van der Waals surface area contributed by atoms with Gasteiger partial charge in [-0.1, -0.05) is 58.2 Å². The van der Waals surface area contributed by atoms with E-state index in [0.29, 0.717) is 43.5 Å². The Morgan fingerprint density at radius 2 is 1.68 bits per heavy atom. The summed E-state index contributed by atoms with van der Waals surface area (Å²) < 4.78 is 10.6. The summed E-state index contributed by atoms with van der Waals surface area (Å²) in [7, 11) is 1.32. The fourth-order valence-corrected chi connectivity index (χ4v) is 7.00. The quantitative estimate of drug-likeness (QED) is 0.274. The van der Waals surface area contributed by atoms with E-state index in [4.69, 9.17) is 44.1 Å². The summed E-state index contributed by atoms with van der Waals surface area (Å²) >= 11 is 19.4. The van der Waals surface area contributed by atoms with Gasteiger partial charge in [-0.25, -0.2) is 4.79 Å². The Bertz CT molecular complexity index is 1480. The Kier molecular flexibility index (Phi) is 7.22. The predicted molar refractivity (Wildman–Crippen MR) is 157 cm³/mol. The minimum atomic E-state index is -0.472. The van der Waals surface area contributed by atoms with Crippen molar-refractivity contribution in [2.24, 2.45) is 10.8 Å². The molecule has 9 heteroatoms. The molecule has 0 unspecified atom stereocenters. The van der Waals surface area contributed by atoms with Crippen LogP contribution in [-0.4, -0.2) is 24.1 Å². The van der Waals surface area contributed by atoms with Crippen LogP contribution in [0.2, 0.25) is 15.1 Å². The molecule has 208 valence electrons. The van der Waals surface area contributed by atoms with Gasteiger partial charge in [0, 0.05) is 22.5 Å². The molecule has 4 fully saturated rings. The number of nitrogens with zero attached hydrogens (tertiary/aromatic N) is 1. The second-order valence-electron chi connectivity index (χ2n) is 11.3. The molecule has 0 radical (unpaired) electrons. The van der Waals surface area contributed by atoms with E-state index < -0.39 is 11.4 Å². The first-order valence-corrected chi connectivity index (χ1v) is 14.7. The molecule has 1 N–H and O–H groups in total. The average Bonchev–Trinajstić information content (AvgIpc) is 3.73. The van der Waals surface area contributed by atoms with Crippen LogP contribution in [0, 0.1) is 10.8 Å². The van der Waals surface area contributed by atoms with Gasteiger partial charge in [0.2, 0.25) is 5.91 Å². The number of carbonyl (C=O) groups excluding carboxylic acids is 2. The third-order valence-corrected chi connectivity index (χ3v) is 9.87. The van der Waals surface area contributed by atoms with Crippen LogP contribution in [0.5, 0.6) is 0 Å². The molecule has 1 aromatic heterocycles. The number of fused-ring (bicyclic) bond motifs is 3. The van der Waals surface area contributed by atoms with Gasteiger partial charge in [0.15, 0.2) is 0 Å². The fourth-order valence-electron chi connectivity index (χ4n) is 6.20. The van der Waals surface area contributed by atoms with Gasteiger partial charge in [-0.05, 0) is 87.1 Å². The van der Waals surface area contributed by atoms with Gasteiger partial charge >= 0.3 is 5.97 Å². The number of methoxy groups -OCH3 is 1. The first-order valence-electron chi connectivity index (χ1n) is 13.6. The monoisotopic (exact) mass is 598 g/mol. The van der Waals surface area contributed by atoms with Crippen molar-refractivity contribution in [1.82, 2.24) is 5.16 Å². The molecule has 1 heterocycles. The van der Waals surface area contributed by atoms with Crippen LogP contribution in [0.25, 0.3) is 17.3 Å². The predicted octanol–water partition coefficient (Wildman–Crippen LogP) is 8.96. The first-order chi connectivity index (χ1) is 19.2. The number of halogens is 3. The molecule has 0 spiro atoms. The number of carbonyl (C=O) groups is 2. The minimum Gasteiger partial charge on any atom is -0.465 e. The molecule has 4 saturated carbocycles. The van der Waals surface area contributed by atoms with E-state index in [2.05, 4.69) is 22.6 Å². The number of amides is 1. The summed E-state index contributed by atoms with van der Waals surface area (Å²) in [6.07, 6.45) is 11.8. The molecule has 0 aliphatic heterocycles. The highest BCUT2D eigenvalue weighted by Gasteiger charge is 2.51. The van der Waals surface area contributed by atoms with E-state index >= 15 is 0 Å². The Hall–Kier alpha value is -2.80. The molecule has 4 aliphatic carbocycles. The van der Waals surface area contributed by atoms with E-state index in [1.54, 1.807) is 12.1 Å². The van der Waals surface area contributed by atoms with Crippen LogP contribution >= 0.6 is 34.8 Å². The molecular formula is C31H29Cl3N2O4. The molecular weight excluding hydrogens is 571 g/mol. The largest absolute Gasteiger partial charge is 0.465 e. The van der Waals surface area contributed by atoms with Crippen molar-refractivity contribution in [3.8, 4) is 11.3 Å². The zero-order chi connectivity index (χ0) is 28.1. The number of benzene rings is 2. The number of esters is 1. The summed E-state index contributed by atoms with van der Waals surface area (Å²) in [6.45, 7) is 0. The number of nitrogens with one attached hydrogen (secondary N) is 1. The summed E-state index contributed by atoms with van der Waals surface area (Å²) in [4.78, 5) is 25.3. The van der Waals surface area contributed by atoms with Gasteiger partial charge < -0.3 is 14.6 Å². The van der Waals surface area contributed by atoms with Crippen LogP contribution in [0.3, 0.4) is 0 Å². The molecule has 40 heavy (non-hydrogen) atoms. The third kappa shape index (κ3) is 4.95. The number of hydrogen-bond acceptors (Lipinski definition) is 5. The summed E-state index contributed by atoms with van der Waals surface area (Å²) in [5.41, 5.74) is 2.76. The molecule has 6 nitrogen and oxygen atoms in total. The van der Waals surface area contributed by atoms with Gasteiger partial charge in [-0.15, -0.1) is 0 Å². The number of anilines is 1.